The average molecular weight is 247 g/mol. The van der Waals surface area contributed by atoms with Crippen molar-refractivity contribution >= 4 is 9.84 Å². The summed E-state index contributed by atoms with van der Waals surface area (Å²) in [6.45, 7) is 4.24. The molecular weight excluding hydrogens is 222 g/mol. The average Bonchev–Trinajstić information content (AvgIpc) is 2.29. The third kappa shape index (κ3) is 5.30. The van der Waals surface area contributed by atoms with Crippen molar-refractivity contribution in [3.63, 3.8) is 0 Å². The van der Waals surface area contributed by atoms with Crippen molar-refractivity contribution in [1.82, 2.24) is 5.32 Å². The summed E-state index contributed by atoms with van der Waals surface area (Å²) >= 11 is 0. The zero-order valence-corrected chi connectivity index (χ0v) is 11.5. The Morgan fingerprint density at radius 3 is 2.50 bits per heavy atom. The van der Waals surface area contributed by atoms with Gasteiger partial charge in [-0.2, -0.15) is 0 Å². The molecule has 3 atom stereocenters. The Hall–Kier alpha value is -0.0900. The van der Waals surface area contributed by atoms with Crippen LogP contribution in [0.1, 0.15) is 46.0 Å². The van der Waals surface area contributed by atoms with E-state index < -0.39 is 9.84 Å². The molecule has 3 unspecified atom stereocenters. The number of nitrogens with one attached hydrogen (secondary N) is 1. The van der Waals surface area contributed by atoms with Gasteiger partial charge in [-0.1, -0.05) is 26.2 Å². The van der Waals surface area contributed by atoms with Crippen LogP contribution in [0.15, 0.2) is 0 Å². The first-order chi connectivity index (χ1) is 7.38. The van der Waals surface area contributed by atoms with Crippen LogP contribution in [0, 0.1) is 5.92 Å². The van der Waals surface area contributed by atoms with E-state index >= 15 is 0 Å². The number of hydrogen-bond acceptors (Lipinski definition) is 3. The minimum absolute atomic E-state index is 0.0700. The molecule has 3 nitrogen and oxygen atoms in total. The van der Waals surface area contributed by atoms with E-state index in [1.807, 2.05) is 6.92 Å². The molecule has 16 heavy (non-hydrogen) atoms. The Bertz CT molecular complexity index is 300. The molecule has 0 bridgehead atoms. The van der Waals surface area contributed by atoms with E-state index in [1.165, 1.54) is 38.4 Å². The fraction of sp³-hybridized carbons (Fsp3) is 1.00. The van der Waals surface area contributed by atoms with Gasteiger partial charge in [-0.25, -0.2) is 8.42 Å². The van der Waals surface area contributed by atoms with Crippen molar-refractivity contribution in [2.75, 3.05) is 12.0 Å². The van der Waals surface area contributed by atoms with Crippen molar-refractivity contribution in [3.05, 3.63) is 0 Å². The van der Waals surface area contributed by atoms with Gasteiger partial charge in [0.15, 0.2) is 0 Å². The third-order valence-corrected chi connectivity index (χ3v) is 4.52. The van der Waals surface area contributed by atoms with E-state index in [0.717, 1.165) is 0 Å². The standard InChI is InChI=1S/C12H25NO2S/c1-10-7-5-4-6-8-12(10)13-11(2)9-16(3,14)15/h10-13H,4-9H2,1-3H3. The molecule has 1 saturated carbocycles. The zero-order valence-electron chi connectivity index (χ0n) is 10.7. The largest absolute Gasteiger partial charge is 0.310 e. The molecule has 1 fully saturated rings. The van der Waals surface area contributed by atoms with Crippen molar-refractivity contribution < 1.29 is 8.42 Å². The third-order valence-electron chi connectivity index (χ3n) is 3.41. The Morgan fingerprint density at radius 2 is 1.88 bits per heavy atom. The molecule has 4 heteroatoms. The first-order valence-corrected chi connectivity index (χ1v) is 8.38. The first kappa shape index (κ1) is 14.0. The second-order valence-electron chi connectivity index (χ2n) is 5.38. The minimum atomic E-state index is -2.86. The molecule has 0 radical (unpaired) electrons. The quantitative estimate of drug-likeness (QED) is 0.773. The van der Waals surface area contributed by atoms with E-state index in [9.17, 15) is 8.42 Å². The molecule has 0 heterocycles. The maximum atomic E-state index is 11.2. The summed E-state index contributed by atoms with van der Waals surface area (Å²) in [5.74, 6) is 0.917. The minimum Gasteiger partial charge on any atom is -0.310 e. The van der Waals surface area contributed by atoms with E-state index in [2.05, 4.69) is 12.2 Å². The van der Waals surface area contributed by atoms with Crippen LogP contribution in [0.2, 0.25) is 0 Å². The topological polar surface area (TPSA) is 46.2 Å². The van der Waals surface area contributed by atoms with Gasteiger partial charge in [0.05, 0.1) is 5.75 Å². The summed E-state index contributed by atoms with van der Waals surface area (Å²) in [6, 6.07) is 0.569. The Kier molecular flexibility index (Phi) is 5.25. The second kappa shape index (κ2) is 6.01. The van der Waals surface area contributed by atoms with Crippen LogP contribution in [-0.4, -0.2) is 32.5 Å². The molecule has 0 aromatic rings. The lowest BCUT2D eigenvalue weighted by atomic mass is 9.96. The predicted octanol–water partition coefficient (Wildman–Crippen LogP) is 1.98. The van der Waals surface area contributed by atoms with Crippen molar-refractivity contribution in [2.24, 2.45) is 5.92 Å². The summed E-state index contributed by atoms with van der Waals surface area (Å²) in [5.41, 5.74) is 0. The van der Waals surface area contributed by atoms with Crippen molar-refractivity contribution in [2.45, 2.75) is 58.0 Å². The van der Waals surface area contributed by atoms with Crippen LogP contribution >= 0.6 is 0 Å². The molecule has 96 valence electrons. The monoisotopic (exact) mass is 247 g/mol. The van der Waals surface area contributed by atoms with E-state index in [1.54, 1.807) is 0 Å². The molecule has 1 aliphatic carbocycles. The molecule has 0 aromatic heterocycles. The van der Waals surface area contributed by atoms with Crippen LogP contribution in [0.4, 0.5) is 0 Å². The molecule has 0 aromatic carbocycles. The molecule has 0 amide bonds. The highest BCUT2D eigenvalue weighted by molar-refractivity contribution is 7.90. The smallest absolute Gasteiger partial charge is 0.148 e. The van der Waals surface area contributed by atoms with E-state index in [-0.39, 0.29) is 11.8 Å². The molecular formula is C12H25NO2S. The summed E-state index contributed by atoms with van der Waals surface area (Å²) in [6.07, 6.45) is 7.68. The number of sulfone groups is 1. The lowest BCUT2D eigenvalue weighted by molar-refractivity contribution is 0.336. The van der Waals surface area contributed by atoms with Gasteiger partial charge in [0.1, 0.15) is 9.84 Å². The fourth-order valence-corrected chi connectivity index (χ4v) is 3.61. The van der Waals surface area contributed by atoms with Crippen LogP contribution in [-0.2, 0) is 9.84 Å². The summed E-state index contributed by atoms with van der Waals surface area (Å²) in [5, 5.41) is 3.49. The summed E-state index contributed by atoms with van der Waals surface area (Å²) in [4.78, 5) is 0. The lowest BCUT2D eigenvalue weighted by Gasteiger charge is -2.26. The maximum absolute atomic E-state index is 11.2. The highest BCUT2D eigenvalue weighted by Gasteiger charge is 2.22. The second-order valence-corrected chi connectivity index (χ2v) is 7.57. The van der Waals surface area contributed by atoms with Crippen molar-refractivity contribution in [1.29, 1.82) is 0 Å². The SMILES string of the molecule is CC(CS(C)(=O)=O)NC1CCCCCC1C. The van der Waals surface area contributed by atoms with Crippen LogP contribution < -0.4 is 5.32 Å². The van der Waals surface area contributed by atoms with E-state index in [4.69, 9.17) is 0 Å². The molecule has 0 aliphatic heterocycles. The lowest BCUT2D eigenvalue weighted by Crippen LogP contribution is -2.43. The molecule has 0 saturated heterocycles. The van der Waals surface area contributed by atoms with E-state index in [0.29, 0.717) is 12.0 Å². The number of rotatable bonds is 4. The normalized spacial score (nSPS) is 29.7. The predicted molar refractivity (Wildman–Crippen MR) is 68.3 cm³/mol. The Balaban J connectivity index is 2.45. The molecule has 0 spiro atoms. The molecule has 1 rings (SSSR count). The summed E-state index contributed by atoms with van der Waals surface area (Å²) in [7, 11) is -2.86. The highest BCUT2D eigenvalue weighted by atomic mass is 32.2. The Labute approximate surface area is 99.9 Å². The van der Waals surface area contributed by atoms with Gasteiger partial charge in [0, 0.05) is 18.3 Å². The summed E-state index contributed by atoms with van der Waals surface area (Å²) < 4.78 is 22.4. The van der Waals surface area contributed by atoms with Gasteiger partial charge in [0.2, 0.25) is 0 Å². The van der Waals surface area contributed by atoms with Gasteiger partial charge < -0.3 is 5.32 Å². The maximum Gasteiger partial charge on any atom is 0.148 e. The van der Waals surface area contributed by atoms with Gasteiger partial charge in [-0.3, -0.25) is 0 Å². The van der Waals surface area contributed by atoms with Crippen LogP contribution in [0.3, 0.4) is 0 Å². The van der Waals surface area contributed by atoms with Gasteiger partial charge >= 0.3 is 0 Å². The first-order valence-electron chi connectivity index (χ1n) is 6.32. The fourth-order valence-electron chi connectivity index (χ4n) is 2.61. The van der Waals surface area contributed by atoms with Gasteiger partial charge in [-0.05, 0) is 25.7 Å². The highest BCUT2D eigenvalue weighted by Crippen LogP contribution is 2.23. The van der Waals surface area contributed by atoms with Gasteiger partial charge in [-0.15, -0.1) is 0 Å². The number of hydrogen-bond donors (Lipinski definition) is 1. The Morgan fingerprint density at radius 1 is 1.25 bits per heavy atom. The van der Waals surface area contributed by atoms with Gasteiger partial charge in [0.25, 0.3) is 0 Å². The molecule has 1 N–H and O–H groups in total. The van der Waals surface area contributed by atoms with Crippen LogP contribution in [0.5, 0.6) is 0 Å². The zero-order chi connectivity index (χ0) is 12.2. The van der Waals surface area contributed by atoms with Crippen molar-refractivity contribution in [3.8, 4) is 0 Å². The molecule has 1 aliphatic rings. The van der Waals surface area contributed by atoms with Crippen LogP contribution in [0.25, 0.3) is 0 Å².